The van der Waals surface area contributed by atoms with Crippen molar-refractivity contribution in [3.63, 3.8) is 0 Å². The van der Waals surface area contributed by atoms with Crippen LogP contribution in [0.15, 0.2) is 27.2 Å². The van der Waals surface area contributed by atoms with Gasteiger partial charge in [0.15, 0.2) is 5.82 Å². The lowest BCUT2D eigenvalue weighted by molar-refractivity contribution is 0.413. The van der Waals surface area contributed by atoms with Crippen LogP contribution in [0.1, 0.15) is 31.6 Å². The SMILES string of the molecule is CCCC(N)c1noc(-c2ccc(Br)c(Cl)c2)n1. The Bertz CT molecular complexity index is 544. The molecule has 0 spiro atoms. The van der Waals surface area contributed by atoms with E-state index >= 15 is 0 Å². The molecule has 1 atom stereocenters. The van der Waals surface area contributed by atoms with Gasteiger partial charge in [-0.05, 0) is 40.5 Å². The van der Waals surface area contributed by atoms with Crippen molar-refractivity contribution in [1.82, 2.24) is 10.1 Å². The van der Waals surface area contributed by atoms with Crippen LogP contribution in [0, 0.1) is 0 Å². The average Bonchev–Trinajstić information content (AvgIpc) is 2.82. The fourth-order valence-electron chi connectivity index (χ4n) is 1.57. The Morgan fingerprint density at radius 1 is 1.50 bits per heavy atom. The molecule has 2 N–H and O–H groups in total. The maximum absolute atomic E-state index is 6.02. The van der Waals surface area contributed by atoms with Gasteiger partial charge < -0.3 is 10.3 Å². The topological polar surface area (TPSA) is 64.9 Å². The zero-order valence-corrected chi connectivity index (χ0v) is 12.2. The third-order valence-corrected chi connectivity index (χ3v) is 3.77. The van der Waals surface area contributed by atoms with Crippen molar-refractivity contribution < 1.29 is 4.52 Å². The van der Waals surface area contributed by atoms with E-state index < -0.39 is 0 Å². The monoisotopic (exact) mass is 329 g/mol. The van der Waals surface area contributed by atoms with Crippen molar-refractivity contribution in [2.24, 2.45) is 5.73 Å². The molecule has 6 heteroatoms. The first kappa shape index (κ1) is 13.5. The molecule has 2 aromatic rings. The number of rotatable bonds is 4. The number of nitrogens with two attached hydrogens (primary N) is 1. The number of hydrogen-bond acceptors (Lipinski definition) is 4. The van der Waals surface area contributed by atoms with Gasteiger partial charge in [-0.15, -0.1) is 0 Å². The summed E-state index contributed by atoms with van der Waals surface area (Å²) in [7, 11) is 0. The van der Waals surface area contributed by atoms with Crippen LogP contribution < -0.4 is 5.73 Å². The number of hydrogen-bond donors (Lipinski definition) is 1. The minimum atomic E-state index is -0.182. The van der Waals surface area contributed by atoms with E-state index in [0.29, 0.717) is 16.7 Å². The number of nitrogens with zero attached hydrogens (tertiary/aromatic N) is 2. The van der Waals surface area contributed by atoms with Gasteiger partial charge in [0.2, 0.25) is 0 Å². The summed E-state index contributed by atoms with van der Waals surface area (Å²) >= 11 is 9.35. The second-order valence-corrected chi connectivity index (χ2v) is 5.24. The Kier molecular flexibility index (Phi) is 4.37. The summed E-state index contributed by atoms with van der Waals surface area (Å²) < 4.78 is 6.03. The molecule has 0 aliphatic rings. The van der Waals surface area contributed by atoms with E-state index in [1.54, 1.807) is 6.07 Å². The van der Waals surface area contributed by atoms with Crippen molar-refractivity contribution in [2.45, 2.75) is 25.8 Å². The summed E-state index contributed by atoms with van der Waals surface area (Å²) in [4.78, 5) is 4.29. The van der Waals surface area contributed by atoms with E-state index in [-0.39, 0.29) is 6.04 Å². The van der Waals surface area contributed by atoms with Crippen molar-refractivity contribution in [3.8, 4) is 11.5 Å². The van der Waals surface area contributed by atoms with E-state index in [1.165, 1.54) is 0 Å². The zero-order chi connectivity index (χ0) is 13.1. The van der Waals surface area contributed by atoms with Crippen molar-refractivity contribution >= 4 is 27.5 Å². The molecule has 1 aromatic carbocycles. The van der Waals surface area contributed by atoms with Gasteiger partial charge in [0, 0.05) is 10.0 Å². The quantitative estimate of drug-likeness (QED) is 0.921. The van der Waals surface area contributed by atoms with Crippen molar-refractivity contribution in [3.05, 3.63) is 33.5 Å². The van der Waals surface area contributed by atoms with Crippen LogP contribution in [-0.4, -0.2) is 10.1 Å². The molecule has 0 radical (unpaired) electrons. The van der Waals surface area contributed by atoms with Gasteiger partial charge in [0.1, 0.15) is 0 Å². The van der Waals surface area contributed by atoms with E-state index in [0.717, 1.165) is 22.9 Å². The summed E-state index contributed by atoms with van der Waals surface area (Å²) in [5.74, 6) is 0.969. The molecule has 0 amide bonds. The minimum absolute atomic E-state index is 0.182. The van der Waals surface area contributed by atoms with Crippen LogP contribution in [0.4, 0.5) is 0 Å². The van der Waals surface area contributed by atoms with Crippen LogP contribution in [0.5, 0.6) is 0 Å². The summed E-state index contributed by atoms with van der Waals surface area (Å²) in [5.41, 5.74) is 6.72. The highest BCUT2D eigenvalue weighted by atomic mass is 79.9. The molecule has 0 saturated heterocycles. The van der Waals surface area contributed by atoms with Gasteiger partial charge in [0.25, 0.3) is 5.89 Å². The third kappa shape index (κ3) is 2.91. The second kappa shape index (κ2) is 5.82. The van der Waals surface area contributed by atoms with Crippen LogP contribution in [0.3, 0.4) is 0 Å². The number of benzene rings is 1. The predicted octanol–water partition coefficient (Wildman–Crippen LogP) is 3.95. The third-order valence-electron chi connectivity index (χ3n) is 2.54. The molecular formula is C12H13BrClN3O. The second-order valence-electron chi connectivity index (χ2n) is 3.98. The summed E-state index contributed by atoms with van der Waals surface area (Å²) in [6.45, 7) is 2.06. The van der Waals surface area contributed by atoms with Gasteiger partial charge in [-0.25, -0.2) is 0 Å². The fourth-order valence-corrected chi connectivity index (χ4v) is 2.00. The van der Waals surface area contributed by atoms with Crippen LogP contribution in [0.25, 0.3) is 11.5 Å². The molecule has 0 aliphatic carbocycles. The van der Waals surface area contributed by atoms with Crippen LogP contribution >= 0.6 is 27.5 Å². The maximum atomic E-state index is 6.02. The lowest BCUT2D eigenvalue weighted by Gasteiger charge is -2.02. The van der Waals surface area contributed by atoms with E-state index in [9.17, 15) is 0 Å². The summed E-state index contributed by atoms with van der Waals surface area (Å²) in [5, 5.41) is 4.50. The molecule has 0 fully saturated rings. The van der Waals surface area contributed by atoms with Gasteiger partial charge in [-0.2, -0.15) is 4.98 Å². The molecule has 0 saturated carbocycles. The lowest BCUT2D eigenvalue weighted by Crippen LogP contribution is -2.11. The predicted molar refractivity (Wildman–Crippen MR) is 74.3 cm³/mol. The molecular weight excluding hydrogens is 318 g/mol. The smallest absolute Gasteiger partial charge is 0.258 e. The first-order valence-electron chi connectivity index (χ1n) is 5.66. The highest BCUT2D eigenvalue weighted by Gasteiger charge is 2.15. The lowest BCUT2D eigenvalue weighted by atomic mass is 10.2. The largest absolute Gasteiger partial charge is 0.334 e. The van der Waals surface area contributed by atoms with E-state index in [2.05, 4.69) is 33.0 Å². The molecule has 0 bridgehead atoms. The Morgan fingerprint density at radius 2 is 2.28 bits per heavy atom. The van der Waals surface area contributed by atoms with Crippen molar-refractivity contribution in [2.75, 3.05) is 0 Å². The van der Waals surface area contributed by atoms with Gasteiger partial charge in [-0.1, -0.05) is 30.1 Å². The van der Waals surface area contributed by atoms with E-state index in [1.807, 2.05) is 12.1 Å². The molecule has 96 valence electrons. The molecule has 1 unspecified atom stereocenters. The molecule has 18 heavy (non-hydrogen) atoms. The Balaban J connectivity index is 2.26. The number of aromatic nitrogens is 2. The summed E-state index contributed by atoms with van der Waals surface area (Å²) in [6, 6.07) is 5.29. The zero-order valence-electron chi connectivity index (χ0n) is 9.86. The highest BCUT2D eigenvalue weighted by molar-refractivity contribution is 9.10. The van der Waals surface area contributed by atoms with Gasteiger partial charge >= 0.3 is 0 Å². The highest BCUT2D eigenvalue weighted by Crippen LogP contribution is 2.28. The molecule has 1 aromatic heterocycles. The van der Waals surface area contributed by atoms with Gasteiger partial charge in [-0.3, -0.25) is 0 Å². The normalized spacial score (nSPS) is 12.7. The molecule has 4 nitrogen and oxygen atoms in total. The Labute approximate surface area is 119 Å². The van der Waals surface area contributed by atoms with Crippen LogP contribution in [-0.2, 0) is 0 Å². The molecule has 1 heterocycles. The maximum Gasteiger partial charge on any atom is 0.258 e. The standard InChI is InChI=1S/C12H13BrClN3O/c1-2-3-10(15)11-16-12(18-17-11)7-4-5-8(13)9(14)6-7/h4-6,10H,2-3,15H2,1H3. The Morgan fingerprint density at radius 3 is 2.94 bits per heavy atom. The Hall–Kier alpha value is -0.910. The van der Waals surface area contributed by atoms with E-state index in [4.69, 9.17) is 21.9 Å². The fraction of sp³-hybridized carbons (Fsp3) is 0.333. The van der Waals surface area contributed by atoms with Crippen LogP contribution in [0.2, 0.25) is 5.02 Å². The number of halogens is 2. The minimum Gasteiger partial charge on any atom is -0.334 e. The molecule has 0 aliphatic heterocycles. The average molecular weight is 331 g/mol. The molecule has 2 rings (SSSR count). The first-order valence-corrected chi connectivity index (χ1v) is 6.83. The summed E-state index contributed by atoms with van der Waals surface area (Å²) in [6.07, 6.45) is 1.81. The van der Waals surface area contributed by atoms with Gasteiger partial charge in [0.05, 0.1) is 11.1 Å². The first-order chi connectivity index (χ1) is 8.61. The van der Waals surface area contributed by atoms with Crippen molar-refractivity contribution in [1.29, 1.82) is 0 Å².